The molecular formula is C11H22N2. The van der Waals surface area contributed by atoms with E-state index in [1.54, 1.807) is 0 Å². The van der Waals surface area contributed by atoms with E-state index in [9.17, 15) is 0 Å². The van der Waals surface area contributed by atoms with E-state index in [1.807, 2.05) is 0 Å². The van der Waals surface area contributed by atoms with Gasteiger partial charge in [0.1, 0.15) is 0 Å². The van der Waals surface area contributed by atoms with Gasteiger partial charge in [0, 0.05) is 19.6 Å². The summed E-state index contributed by atoms with van der Waals surface area (Å²) in [6.07, 6.45) is 8.28. The lowest BCUT2D eigenvalue weighted by atomic mass is 10.0. The molecule has 0 spiro atoms. The van der Waals surface area contributed by atoms with Crippen LogP contribution in [-0.4, -0.2) is 31.1 Å². The van der Waals surface area contributed by atoms with Gasteiger partial charge in [0.15, 0.2) is 0 Å². The van der Waals surface area contributed by atoms with Crippen LogP contribution < -0.4 is 5.73 Å². The zero-order valence-corrected chi connectivity index (χ0v) is 8.71. The first-order valence-corrected chi connectivity index (χ1v) is 5.44. The van der Waals surface area contributed by atoms with Gasteiger partial charge in [-0.1, -0.05) is 25.5 Å². The van der Waals surface area contributed by atoms with Gasteiger partial charge in [-0.2, -0.15) is 0 Å². The minimum atomic E-state index is 0.705. The predicted molar refractivity (Wildman–Crippen MR) is 57.6 cm³/mol. The average molecular weight is 182 g/mol. The second-order valence-corrected chi connectivity index (χ2v) is 3.91. The lowest BCUT2D eigenvalue weighted by molar-refractivity contribution is 0.244. The van der Waals surface area contributed by atoms with E-state index in [0.29, 0.717) is 5.92 Å². The fourth-order valence-corrected chi connectivity index (χ4v) is 1.91. The Balaban J connectivity index is 2.23. The summed E-state index contributed by atoms with van der Waals surface area (Å²) < 4.78 is 0. The highest BCUT2D eigenvalue weighted by atomic mass is 15.1. The molecule has 0 saturated heterocycles. The summed E-state index contributed by atoms with van der Waals surface area (Å²) in [5.41, 5.74) is 5.73. The van der Waals surface area contributed by atoms with Gasteiger partial charge in [0.2, 0.25) is 0 Å². The van der Waals surface area contributed by atoms with Crippen molar-refractivity contribution in [2.75, 3.05) is 26.2 Å². The summed E-state index contributed by atoms with van der Waals surface area (Å²) in [6, 6.07) is 0. The van der Waals surface area contributed by atoms with Crippen LogP contribution in [0.5, 0.6) is 0 Å². The van der Waals surface area contributed by atoms with Crippen molar-refractivity contribution < 1.29 is 0 Å². The van der Waals surface area contributed by atoms with Crippen LogP contribution in [0.25, 0.3) is 0 Å². The van der Waals surface area contributed by atoms with Crippen LogP contribution in [0.2, 0.25) is 0 Å². The molecule has 76 valence electrons. The summed E-state index contributed by atoms with van der Waals surface area (Å²) in [5.74, 6) is 0.705. The molecule has 1 rings (SSSR count). The number of nitrogens with two attached hydrogens (primary N) is 1. The van der Waals surface area contributed by atoms with Gasteiger partial charge < -0.3 is 5.73 Å². The molecule has 0 bridgehead atoms. The van der Waals surface area contributed by atoms with Gasteiger partial charge in [-0.15, -0.1) is 0 Å². The number of hydrogen-bond acceptors (Lipinski definition) is 2. The first-order valence-electron chi connectivity index (χ1n) is 5.44. The Kier molecular flexibility index (Phi) is 5.09. The number of rotatable bonds is 5. The van der Waals surface area contributed by atoms with E-state index >= 15 is 0 Å². The van der Waals surface area contributed by atoms with Gasteiger partial charge >= 0.3 is 0 Å². The van der Waals surface area contributed by atoms with Crippen LogP contribution >= 0.6 is 0 Å². The monoisotopic (exact) mass is 182 g/mol. The van der Waals surface area contributed by atoms with Crippen LogP contribution in [0, 0.1) is 5.92 Å². The van der Waals surface area contributed by atoms with Gasteiger partial charge in [-0.25, -0.2) is 0 Å². The maximum atomic E-state index is 5.73. The van der Waals surface area contributed by atoms with Crippen LogP contribution in [0.4, 0.5) is 0 Å². The molecule has 0 saturated carbocycles. The van der Waals surface area contributed by atoms with E-state index < -0.39 is 0 Å². The smallest absolute Gasteiger partial charge is 0.0163 e. The van der Waals surface area contributed by atoms with Gasteiger partial charge in [-0.05, 0) is 25.3 Å². The zero-order valence-electron chi connectivity index (χ0n) is 8.71. The van der Waals surface area contributed by atoms with Crippen molar-refractivity contribution in [3.63, 3.8) is 0 Å². The van der Waals surface area contributed by atoms with Crippen LogP contribution in [0.3, 0.4) is 0 Å². The molecule has 0 aromatic rings. The lowest BCUT2D eigenvalue weighted by Gasteiger charge is -2.27. The normalized spacial score (nSPS) is 20.5. The zero-order chi connectivity index (χ0) is 9.52. The van der Waals surface area contributed by atoms with Gasteiger partial charge in [0.05, 0.1) is 0 Å². The van der Waals surface area contributed by atoms with Crippen LogP contribution in [-0.2, 0) is 0 Å². The largest absolute Gasteiger partial charge is 0.330 e. The van der Waals surface area contributed by atoms with Crippen molar-refractivity contribution in [1.82, 2.24) is 4.90 Å². The van der Waals surface area contributed by atoms with Crippen molar-refractivity contribution in [3.8, 4) is 0 Å². The third kappa shape index (κ3) is 3.92. The molecule has 1 aliphatic rings. The van der Waals surface area contributed by atoms with E-state index in [-0.39, 0.29) is 0 Å². The van der Waals surface area contributed by atoms with Crippen molar-refractivity contribution in [1.29, 1.82) is 0 Å². The van der Waals surface area contributed by atoms with Gasteiger partial charge in [-0.3, -0.25) is 4.90 Å². The predicted octanol–water partition coefficient (Wildman–Crippen LogP) is 1.62. The standard InChI is InChI=1S/C11H22N2/c1-2-6-11(9-12)10-13-7-4-3-5-8-13/h3-4,11H,2,5-10,12H2,1H3. The van der Waals surface area contributed by atoms with Crippen molar-refractivity contribution in [3.05, 3.63) is 12.2 Å². The van der Waals surface area contributed by atoms with Gasteiger partial charge in [0.25, 0.3) is 0 Å². The van der Waals surface area contributed by atoms with Crippen LogP contribution in [0.1, 0.15) is 26.2 Å². The topological polar surface area (TPSA) is 29.3 Å². The molecule has 0 fully saturated rings. The molecular weight excluding hydrogens is 160 g/mol. The molecule has 1 unspecified atom stereocenters. The first-order chi connectivity index (χ1) is 6.36. The Morgan fingerprint density at radius 3 is 2.85 bits per heavy atom. The fraction of sp³-hybridized carbons (Fsp3) is 0.818. The summed E-state index contributed by atoms with van der Waals surface area (Å²) >= 11 is 0. The Hall–Kier alpha value is -0.340. The summed E-state index contributed by atoms with van der Waals surface area (Å²) in [5, 5.41) is 0. The minimum Gasteiger partial charge on any atom is -0.330 e. The Morgan fingerprint density at radius 1 is 1.46 bits per heavy atom. The summed E-state index contributed by atoms with van der Waals surface area (Å²) in [6.45, 7) is 6.61. The molecule has 0 amide bonds. The number of nitrogens with zero attached hydrogens (tertiary/aromatic N) is 1. The molecule has 1 atom stereocenters. The molecule has 1 aliphatic heterocycles. The lowest BCUT2D eigenvalue weighted by Crippen LogP contribution is -2.35. The van der Waals surface area contributed by atoms with E-state index in [1.165, 1.54) is 32.4 Å². The third-order valence-electron chi connectivity index (χ3n) is 2.69. The molecule has 2 N–H and O–H groups in total. The van der Waals surface area contributed by atoms with Crippen molar-refractivity contribution >= 4 is 0 Å². The fourth-order valence-electron chi connectivity index (χ4n) is 1.91. The molecule has 1 heterocycles. The molecule has 0 aromatic carbocycles. The second-order valence-electron chi connectivity index (χ2n) is 3.91. The molecule has 2 heteroatoms. The molecule has 0 aromatic heterocycles. The molecule has 2 nitrogen and oxygen atoms in total. The first kappa shape index (κ1) is 10.7. The highest BCUT2D eigenvalue weighted by Gasteiger charge is 2.12. The maximum absolute atomic E-state index is 5.73. The second kappa shape index (κ2) is 6.17. The van der Waals surface area contributed by atoms with E-state index in [0.717, 1.165) is 13.1 Å². The minimum absolute atomic E-state index is 0.705. The highest BCUT2D eigenvalue weighted by Crippen LogP contribution is 2.09. The Morgan fingerprint density at radius 2 is 2.31 bits per heavy atom. The van der Waals surface area contributed by atoms with Crippen LogP contribution in [0.15, 0.2) is 12.2 Å². The summed E-state index contributed by atoms with van der Waals surface area (Å²) in [7, 11) is 0. The van der Waals surface area contributed by atoms with Crippen molar-refractivity contribution in [2.45, 2.75) is 26.2 Å². The molecule has 13 heavy (non-hydrogen) atoms. The Bertz CT molecular complexity index is 154. The maximum Gasteiger partial charge on any atom is 0.0163 e. The van der Waals surface area contributed by atoms with E-state index in [2.05, 4.69) is 24.0 Å². The Labute approximate surface area is 81.8 Å². The number of hydrogen-bond donors (Lipinski definition) is 1. The molecule has 0 radical (unpaired) electrons. The van der Waals surface area contributed by atoms with Crippen molar-refractivity contribution in [2.24, 2.45) is 11.7 Å². The average Bonchev–Trinajstić information content (AvgIpc) is 2.19. The highest BCUT2D eigenvalue weighted by molar-refractivity contribution is 4.91. The summed E-state index contributed by atoms with van der Waals surface area (Å²) in [4.78, 5) is 2.51. The molecule has 0 aliphatic carbocycles. The third-order valence-corrected chi connectivity index (χ3v) is 2.69. The van der Waals surface area contributed by atoms with E-state index in [4.69, 9.17) is 5.73 Å². The SMILES string of the molecule is CCCC(CN)CN1CC=CCC1. The quantitative estimate of drug-likeness (QED) is 0.655.